The van der Waals surface area contributed by atoms with E-state index in [-0.39, 0.29) is 11.5 Å². The molecule has 1 aromatic rings. The van der Waals surface area contributed by atoms with Crippen LogP contribution in [0.4, 0.5) is 0 Å². The van der Waals surface area contributed by atoms with Gasteiger partial charge in [0.25, 0.3) is 10.1 Å². The van der Waals surface area contributed by atoms with Crippen molar-refractivity contribution in [3.8, 4) is 0 Å². The molecule has 0 unspecified atom stereocenters. The van der Waals surface area contributed by atoms with Crippen molar-refractivity contribution >= 4 is 16.1 Å². The molecule has 2 saturated heterocycles. The highest BCUT2D eigenvalue weighted by Gasteiger charge is 2.56. The zero-order chi connectivity index (χ0) is 16.9. The van der Waals surface area contributed by atoms with E-state index >= 15 is 0 Å². The number of ether oxygens (including phenoxy) is 1. The summed E-state index contributed by atoms with van der Waals surface area (Å²) in [7, 11) is -3.89. The normalized spacial score (nSPS) is 28.5. The molecule has 0 saturated carbocycles. The minimum absolute atomic E-state index is 0.109. The van der Waals surface area contributed by atoms with Crippen LogP contribution in [0.15, 0.2) is 40.9 Å². The molecule has 3 aliphatic heterocycles. The van der Waals surface area contributed by atoms with Crippen LogP contribution in [0.1, 0.15) is 24.8 Å². The fourth-order valence-electron chi connectivity index (χ4n) is 3.86. The summed E-state index contributed by atoms with van der Waals surface area (Å²) < 4.78 is 35.6. The molecule has 6 nitrogen and oxygen atoms in total. The third-order valence-corrected chi connectivity index (χ3v) is 6.30. The Morgan fingerprint density at radius 2 is 2.08 bits per heavy atom. The molecule has 0 aliphatic carbocycles. The summed E-state index contributed by atoms with van der Waals surface area (Å²) in [6.07, 6.45) is 4.18. The molecule has 4 rings (SSSR count). The van der Waals surface area contributed by atoms with Crippen molar-refractivity contribution in [2.75, 3.05) is 13.2 Å². The minimum Gasteiger partial charge on any atom is -0.447 e. The van der Waals surface area contributed by atoms with Crippen molar-refractivity contribution in [2.45, 2.75) is 42.7 Å². The van der Waals surface area contributed by atoms with E-state index in [4.69, 9.17) is 8.92 Å². The van der Waals surface area contributed by atoms with Crippen molar-refractivity contribution < 1.29 is 22.1 Å². The van der Waals surface area contributed by atoms with Gasteiger partial charge in [-0.05, 0) is 31.9 Å². The average molecular weight is 349 g/mol. The zero-order valence-corrected chi connectivity index (χ0v) is 14.2. The highest BCUT2D eigenvalue weighted by molar-refractivity contribution is 7.86. The Hall–Kier alpha value is -1.86. The van der Waals surface area contributed by atoms with Gasteiger partial charge >= 0.3 is 5.97 Å². The Morgan fingerprint density at radius 3 is 2.83 bits per heavy atom. The second kappa shape index (κ2) is 5.32. The highest BCUT2D eigenvalue weighted by Crippen LogP contribution is 2.47. The van der Waals surface area contributed by atoms with Gasteiger partial charge in [0, 0.05) is 25.1 Å². The maximum atomic E-state index is 12.4. The highest BCUT2D eigenvalue weighted by atomic mass is 32.2. The summed E-state index contributed by atoms with van der Waals surface area (Å²) in [5.74, 6) is -0.424. The zero-order valence-electron chi connectivity index (χ0n) is 13.4. The van der Waals surface area contributed by atoms with E-state index in [9.17, 15) is 13.2 Å². The van der Waals surface area contributed by atoms with Crippen molar-refractivity contribution in [1.29, 1.82) is 0 Å². The third-order valence-electron chi connectivity index (χ3n) is 5.03. The molecule has 128 valence electrons. The number of carbonyl (C=O) groups excluding carboxylic acids is 1. The van der Waals surface area contributed by atoms with Crippen LogP contribution in [0.25, 0.3) is 0 Å². The van der Waals surface area contributed by atoms with Gasteiger partial charge in [-0.25, -0.2) is 4.79 Å². The number of rotatable bonds is 4. The van der Waals surface area contributed by atoms with E-state index in [1.54, 1.807) is 12.1 Å². The molecule has 3 heterocycles. The summed E-state index contributed by atoms with van der Waals surface area (Å²) in [6, 6.07) is 6.79. The number of nitrogens with zero attached hydrogens (tertiary/aromatic N) is 1. The van der Waals surface area contributed by atoms with Crippen LogP contribution in [-0.4, -0.2) is 44.1 Å². The largest absolute Gasteiger partial charge is 0.447 e. The Labute approximate surface area is 141 Å². The second-order valence-corrected chi connectivity index (χ2v) is 8.28. The number of aryl methyl sites for hydroxylation is 1. The molecular formula is C17H19NO5S. The third kappa shape index (κ3) is 2.43. The lowest BCUT2D eigenvalue weighted by Crippen LogP contribution is -2.37. The lowest BCUT2D eigenvalue weighted by Gasteiger charge is -2.26. The summed E-state index contributed by atoms with van der Waals surface area (Å²) >= 11 is 0. The molecule has 0 aromatic heterocycles. The lowest BCUT2D eigenvalue weighted by atomic mass is 9.97. The minimum atomic E-state index is -3.89. The number of carbonyl (C=O) groups is 1. The Bertz CT molecular complexity index is 814. The van der Waals surface area contributed by atoms with Gasteiger partial charge in [0.05, 0.1) is 10.6 Å². The quantitative estimate of drug-likeness (QED) is 0.609. The van der Waals surface area contributed by atoms with Gasteiger partial charge in [0.1, 0.15) is 6.61 Å². The molecule has 2 atom stereocenters. The van der Waals surface area contributed by atoms with Gasteiger partial charge in [0.15, 0.2) is 5.60 Å². The molecule has 0 bridgehead atoms. The molecule has 0 spiro atoms. The average Bonchev–Trinajstić information content (AvgIpc) is 3.16. The lowest BCUT2D eigenvalue weighted by molar-refractivity contribution is -0.148. The number of hydrogen-bond donors (Lipinski definition) is 0. The maximum Gasteiger partial charge on any atom is 0.333 e. The number of esters is 1. The number of benzene rings is 1. The summed E-state index contributed by atoms with van der Waals surface area (Å²) in [5.41, 5.74) is 0.785. The van der Waals surface area contributed by atoms with Crippen LogP contribution in [0.3, 0.4) is 0 Å². The van der Waals surface area contributed by atoms with Crippen LogP contribution >= 0.6 is 0 Å². The topological polar surface area (TPSA) is 72.9 Å². The Morgan fingerprint density at radius 1 is 1.33 bits per heavy atom. The molecule has 24 heavy (non-hydrogen) atoms. The first kappa shape index (κ1) is 15.7. The number of fused-ring (bicyclic) bond motifs is 3. The van der Waals surface area contributed by atoms with Gasteiger partial charge in [-0.3, -0.25) is 4.18 Å². The smallest absolute Gasteiger partial charge is 0.333 e. The van der Waals surface area contributed by atoms with Crippen molar-refractivity contribution in [1.82, 2.24) is 4.90 Å². The van der Waals surface area contributed by atoms with E-state index in [1.165, 1.54) is 18.2 Å². The molecule has 2 fully saturated rings. The fraction of sp³-hybridized carbons (Fsp3) is 0.471. The van der Waals surface area contributed by atoms with Crippen LogP contribution < -0.4 is 0 Å². The summed E-state index contributed by atoms with van der Waals surface area (Å²) in [5, 5.41) is 0. The molecule has 0 N–H and O–H groups in total. The van der Waals surface area contributed by atoms with Gasteiger partial charge in [-0.15, -0.1) is 0 Å². The van der Waals surface area contributed by atoms with Crippen LogP contribution in [0.5, 0.6) is 0 Å². The first-order chi connectivity index (χ1) is 11.4. The molecule has 7 heteroatoms. The van der Waals surface area contributed by atoms with Crippen molar-refractivity contribution in [3.05, 3.63) is 41.6 Å². The Balaban J connectivity index is 1.56. The van der Waals surface area contributed by atoms with Gasteiger partial charge in [0.2, 0.25) is 0 Å². The summed E-state index contributed by atoms with van der Waals surface area (Å²) in [4.78, 5) is 14.0. The number of hydrogen-bond acceptors (Lipinski definition) is 6. The van der Waals surface area contributed by atoms with E-state index in [0.717, 1.165) is 30.6 Å². The monoisotopic (exact) mass is 349 g/mol. The molecule has 3 aliphatic rings. The van der Waals surface area contributed by atoms with Gasteiger partial charge in [-0.1, -0.05) is 17.7 Å². The maximum absolute atomic E-state index is 12.4. The molecule has 1 aromatic carbocycles. The van der Waals surface area contributed by atoms with E-state index in [1.807, 2.05) is 6.92 Å². The Kier molecular flexibility index (Phi) is 3.47. The molecule has 0 radical (unpaired) electrons. The fourth-order valence-corrected chi connectivity index (χ4v) is 4.81. The predicted molar refractivity (Wildman–Crippen MR) is 85.6 cm³/mol. The van der Waals surface area contributed by atoms with Crippen LogP contribution in [-0.2, 0) is 23.8 Å². The van der Waals surface area contributed by atoms with Crippen molar-refractivity contribution in [2.24, 2.45) is 0 Å². The van der Waals surface area contributed by atoms with E-state index in [0.29, 0.717) is 12.5 Å². The van der Waals surface area contributed by atoms with Crippen LogP contribution in [0, 0.1) is 6.92 Å². The summed E-state index contributed by atoms with van der Waals surface area (Å²) in [6.45, 7) is 2.59. The molecule has 0 amide bonds. The second-order valence-electron chi connectivity index (χ2n) is 6.67. The first-order valence-corrected chi connectivity index (χ1v) is 9.48. The van der Waals surface area contributed by atoms with Crippen LogP contribution in [0.2, 0.25) is 0 Å². The first-order valence-electron chi connectivity index (χ1n) is 8.08. The predicted octanol–water partition coefficient (Wildman–Crippen LogP) is 1.75. The van der Waals surface area contributed by atoms with Crippen molar-refractivity contribution in [3.63, 3.8) is 0 Å². The SMILES string of the molecule is Cc1ccc(S(=O)(=O)OC[C@]23C[C@H]4CCCN4C2=CC(=O)O3)cc1. The van der Waals surface area contributed by atoms with E-state index in [2.05, 4.69) is 4.90 Å². The van der Waals surface area contributed by atoms with Gasteiger partial charge in [-0.2, -0.15) is 8.42 Å². The molecular weight excluding hydrogens is 330 g/mol. The van der Waals surface area contributed by atoms with E-state index < -0.39 is 21.7 Å². The van der Waals surface area contributed by atoms with Gasteiger partial charge < -0.3 is 9.64 Å². The standard InChI is InChI=1S/C17H19NO5S/c1-12-4-6-14(7-5-12)24(20,21)22-11-17-10-13-3-2-8-18(13)15(17)9-16(19)23-17/h4-7,9,13H,2-3,8,10-11H2,1H3/t13-,17-/m1/s1.